The number of urea groups is 1. The number of nitrogens with zero attached hydrogens (tertiary/aromatic N) is 3. The molecule has 3 rings (SSSR count). The summed E-state index contributed by atoms with van der Waals surface area (Å²) < 4.78 is 7.21. The summed E-state index contributed by atoms with van der Waals surface area (Å²) in [7, 11) is 0. The molecule has 0 saturated carbocycles. The maximum Gasteiger partial charge on any atom is 0.322 e. The molecule has 0 aliphatic carbocycles. The van der Waals surface area contributed by atoms with E-state index in [4.69, 9.17) is 9.84 Å². The lowest BCUT2D eigenvalue weighted by Crippen LogP contribution is -2.41. The molecule has 3 amide bonds. The normalized spacial score (nSPS) is 11.2. The quantitative estimate of drug-likeness (QED) is 0.398. The standard InChI is InChI=1S/C28H37N5O3/c1-7-17-32(27(35)29-21-13-15-22(16-14-21)36-8-2)19-26(34)30-25-18-24(28(4,5)6)31-33(25)23-12-10-9-11-20(23)3/h9-16,18H,7-8,17,19H2,1-6H3,(H,29,35)(H,30,34). The van der Waals surface area contributed by atoms with Crippen molar-refractivity contribution in [1.29, 1.82) is 0 Å². The number of aryl methyl sites for hydroxylation is 1. The van der Waals surface area contributed by atoms with Gasteiger partial charge in [0.05, 0.1) is 18.0 Å². The van der Waals surface area contributed by atoms with E-state index >= 15 is 0 Å². The molecular weight excluding hydrogens is 454 g/mol. The first kappa shape index (κ1) is 26.8. The van der Waals surface area contributed by atoms with Crippen LogP contribution in [0.4, 0.5) is 16.3 Å². The monoisotopic (exact) mass is 491 g/mol. The number of hydrogen-bond donors (Lipinski definition) is 2. The number of aromatic nitrogens is 2. The van der Waals surface area contributed by atoms with E-state index in [0.717, 1.165) is 29.1 Å². The zero-order valence-electron chi connectivity index (χ0n) is 22.1. The molecule has 0 aliphatic rings. The zero-order chi connectivity index (χ0) is 26.3. The first-order chi connectivity index (χ1) is 17.1. The Bertz CT molecular complexity index is 1180. The molecule has 192 valence electrons. The van der Waals surface area contributed by atoms with E-state index in [-0.39, 0.29) is 23.9 Å². The van der Waals surface area contributed by atoms with Gasteiger partial charge >= 0.3 is 6.03 Å². The molecular formula is C28H37N5O3. The molecule has 0 bridgehead atoms. The predicted molar refractivity (Wildman–Crippen MR) is 144 cm³/mol. The molecule has 8 heteroatoms. The highest BCUT2D eigenvalue weighted by Crippen LogP contribution is 2.27. The zero-order valence-corrected chi connectivity index (χ0v) is 22.1. The van der Waals surface area contributed by atoms with E-state index in [2.05, 4.69) is 31.4 Å². The average Bonchev–Trinajstić information content (AvgIpc) is 3.24. The molecule has 0 aliphatic heterocycles. The number of amides is 3. The van der Waals surface area contributed by atoms with E-state index in [0.29, 0.717) is 24.7 Å². The Morgan fingerprint density at radius 3 is 2.33 bits per heavy atom. The van der Waals surface area contributed by atoms with Gasteiger partial charge in [0.25, 0.3) is 0 Å². The number of carbonyl (C=O) groups excluding carboxylic acids is 2. The number of carbonyl (C=O) groups is 2. The van der Waals surface area contributed by atoms with Gasteiger partial charge in [-0.3, -0.25) is 4.79 Å². The van der Waals surface area contributed by atoms with Crippen molar-refractivity contribution in [2.24, 2.45) is 0 Å². The lowest BCUT2D eigenvalue weighted by atomic mass is 9.92. The summed E-state index contributed by atoms with van der Waals surface area (Å²) in [6.45, 7) is 13.1. The Labute approximate surface area is 213 Å². The maximum atomic E-state index is 13.1. The molecule has 0 fully saturated rings. The van der Waals surface area contributed by atoms with Crippen LogP contribution in [-0.4, -0.2) is 46.3 Å². The Morgan fingerprint density at radius 2 is 1.72 bits per heavy atom. The molecule has 2 aromatic carbocycles. The van der Waals surface area contributed by atoms with Crippen molar-refractivity contribution in [2.75, 3.05) is 30.3 Å². The molecule has 0 saturated heterocycles. The van der Waals surface area contributed by atoms with E-state index in [9.17, 15) is 9.59 Å². The number of benzene rings is 2. The molecule has 1 heterocycles. The third kappa shape index (κ3) is 6.87. The fourth-order valence-corrected chi connectivity index (χ4v) is 3.70. The summed E-state index contributed by atoms with van der Waals surface area (Å²) in [5.74, 6) is 1.02. The van der Waals surface area contributed by atoms with E-state index in [1.807, 2.05) is 51.1 Å². The Morgan fingerprint density at radius 1 is 1.03 bits per heavy atom. The van der Waals surface area contributed by atoms with Crippen LogP contribution in [0.2, 0.25) is 0 Å². The van der Waals surface area contributed by atoms with Crippen molar-refractivity contribution < 1.29 is 14.3 Å². The summed E-state index contributed by atoms with van der Waals surface area (Å²) in [4.78, 5) is 27.6. The highest BCUT2D eigenvalue weighted by atomic mass is 16.5. The first-order valence-corrected chi connectivity index (χ1v) is 12.4. The Kier molecular flexibility index (Phi) is 8.74. The first-order valence-electron chi connectivity index (χ1n) is 12.4. The minimum Gasteiger partial charge on any atom is -0.494 e. The Balaban J connectivity index is 1.76. The van der Waals surface area contributed by atoms with E-state index < -0.39 is 0 Å². The van der Waals surface area contributed by atoms with Crippen LogP contribution in [0.5, 0.6) is 5.75 Å². The number of para-hydroxylation sites is 1. The Hall–Kier alpha value is -3.81. The van der Waals surface area contributed by atoms with Crippen molar-refractivity contribution in [3.63, 3.8) is 0 Å². The average molecular weight is 492 g/mol. The van der Waals surface area contributed by atoms with Crippen LogP contribution < -0.4 is 15.4 Å². The summed E-state index contributed by atoms with van der Waals surface area (Å²) in [6, 6.07) is 16.6. The van der Waals surface area contributed by atoms with Crippen molar-refractivity contribution >= 4 is 23.4 Å². The smallest absolute Gasteiger partial charge is 0.322 e. The highest BCUT2D eigenvalue weighted by molar-refractivity contribution is 5.96. The molecule has 1 aromatic heterocycles. The molecule has 8 nitrogen and oxygen atoms in total. The van der Waals surface area contributed by atoms with Gasteiger partial charge in [-0.1, -0.05) is 45.9 Å². The van der Waals surface area contributed by atoms with Gasteiger partial charge < -0.3 is 20.3 Å². The third-order valence-corrected chi connectivity index (χ3v) is 5.62. The number of anilines is 2. The second-order valence-electron chi connectivity index (χ2n) is 9.72. The maximum absolute atomic E-state index is 13.1. The van der Waals surface area contributed by atoms with Crippen LogP contribution >= 0.6 is 0 Å². The van der Waals surface area contributed by atoms with E-state index in [1.54, 1.807) is 28.9 Å². The van der Waals surface area contributed by atoms with Crippen LogP contribution in [0.1, 0.15) is 52.3 Å². The minimum atomic E-state index is -0.334. The largest absolute Gasteiger partial charge is 0.494 e. The summed E-state index contributed by atoms with van der Waals surface area (Å²) in [5.41, 5.74) is 3.23. The second kappa shape index (κ2) is 11.7. The van der Waals surface area contributed by atoms with E-state index in [1.165, 1.54) is 4.90 Å². The molecule has 0 radical (unpaired) electrons. The molecule has 2 N–H and O–H groups in total. The van der Waals surface area contributed by atoms with Crippen molar-refractivity contribution in [3.8, 4) is 11.4 Å². The van der Waals surface area contributed by atoms with Crippen molar-refractivity contribution in [2.45, 2.75) is 53.4 Å². The van der Waals surface area contributed by atoms with Gasteiger partial charge in [-0.05, 0) is 56.2 Å². The van der Waals surface area contributed by atoms with Gasteiger partial charge in [0, 0.05) is 23.7 Å². The predicted octanol–water partition coefficient (Wildman–Crippen LogP) is 5.76. The van der Waals surface area contributed by atoms with Crippen LogP contribution in [0.3, 0.4) is 0 Å². The minimum absolute atomic E-state index is 0.0828. The third-order valence-electron chi connectivity index (χ3n) is 5.62. The molecule has 36 heavy (non-hydrogen) atoms. The van der Waals surface area contributed by atoms with Gasteiger partial charge in [0.2, 0.25) is 5.91 Å². The summed E-state index contributed by atoms with van der Waals surface area (Å²) in [6.07, 6.45) is 0.722. The van der Waals surface area contributed by atoms with Gasteiger partial charge in [-0.15, -0.1) is 0 Å². The van der Waals surface area contributed by atoms with Gasteiger partial charge in [-0.25, -0.2) is 9.48 Å². The second-order valence-corrected chi connectivity index (χ2v) is 9.72. The number of ether oxygens (including phenoxy) is 1. The van der Waals surface area contributed by atoms with Crippen LogP contribution in [0, 0.1) is 6.92 Å². The summed E-state index contributed by atoms with van der Waals surface area (Å²) >= 11 is 0. The van der Waals surface area contributed by atoms with Crippen LogP contribution in [0.25, 0.3) is 5.69 Å². The topological polar surface area (TPSA) is 88.5 Å². The number of rotatable bonds is 9. The van der Waals surface area contributed by atoms with Crippen molar-refractivity contribution in [1.82, 2.24) is 14.7 Å². The molecule has 0 atom stereocenters. The molecule has 0 unspecified atom stereocenters. The van der Waals surface area contributed by atoms with Crippen molar-refractivity contribution in [3.05, 3.63) is 65.9 Å². The SMILES string of the molecule is CCCN(CC(=O)Nc1cc(C(C)(C)C)nn1-c1ccccc1C)C(=O)Nc1ccc(OCC)cc1. The lowest BCUT2D eigenvalue weighted by molar-refractivity contribution is -0.116. The van der Waals surface area contributed by atoms with Gasteiger partial charge in [0.15, 0.2) is 0 Å². The lowest BCUT2D eigenvalue weighted by Gasteiger charge is -2.22. The summed E-state index contributed by atoms with van der Waals surface area (Å²) in [5, 5.41) is 10.6. The molecule has 0 spiro atoms. The highest BCUT2D eigenvalue weighted by Gasteiger charge is 2.23. The van der Waals surface area contributed by atoms with Gasteiger partial charge in [0.1, 0.15) is 18.1 Å². The molecule has 3 aromatic rings. The fourth-order valence-electron chi connectivity index (χ4n) is 3.70. The number of hydrogen-bond acceptors (Lipinski definition) is 4. The number of nitrogens with one attached hydrogen (secondary N) is 2. The fraction of sp³-hybridized carbons (Fsp3) is 0.393. The van der Waals surface area contributed by atoms with Gasteiger partial charge in [-0.2, -0.15) is 5.10 Å². The van der Waals surface area contributed by atoms with Crippen LogP contribution in [0.15, 0.2) is 54.6 Å². The van der Waals surface area contributed by atoms with Crippen LogP contribution in [-0.2, 0) is 10.2 Å².